The predicted octanol–water partition coefficient (Wildman–Crippen LogP) is 2.14. The molecule has 2 N–H and O–H groups in total. The first-order valence-corrected chi connectivity index (χ1v) is 4.53. The van der Waals surface area contributed by atoms with Crippen LogP contribution in [0.2, 0.25) is 5.02 Å². The third-order valence-corrected chi connectivity index (χ3v) is 2.55. The number of nitrogens with zero attached hydrogens (tertiary/aromatic N) is 1. The van der Waals surface area contributed by atoms with E-state index in [-0.39, 0.29) is 6.04 Å². The van der Waals surface area contributed by atoms with Gasteiger partial charge < -0.3 is 5.73 Å². The van der Waals surface area contributed by atoms with Crippen LogP contribution in [0.25, 0.3) is 0 Å². The molecule has 1 heterocycles. The van der Waals surface area contributed by atoms with Crippen LogP contribution in [0.15, 0.2) is 18.3 Å². The molecule has 0 unspecified atom stereocenters. The Bertz CT molecular complexity index is 284. The van der Waals surface area contributed by atoms with E-state index in [2.05, 4.69) is 4.98 Å². The lowest BCUT2D eigenvalue weighted by molar-refractivity contribution is 0.615. The lowest BCUT2D eigenvalue weighted by Crippen LogP contribution is -2.14. The van der Waals surface area contributed by atoms with Gasteiger partial charge in [0.1, 0.15) is 0 Å². The molecular weight excluding hydrogens is 172 g/mol. The van der Waals surface area contributed by atoms with Crippen LogP contribution in [0, 0.1) is 5.92 Å². The molecule has 0 aromatic carbocycles. The van der Waals surface area contributed by atoms with E-state index in [1.165, 1.54) is 12.8 Å². The van der Waals surface area contributed by atoms with Crippen LogP contribution < -0.4 is 5.73 Å². The summed E-state index contributed by atoms with van der Waals surface area (Å²) < 4.78 is 0. The zero-order valence-electron chi connectivity index (χ0n) is 6.70. The molecule has 1 saturated carbocycles. The molecule has 0 bridgehead atoms. The Kier molecular flexibility index (Phi) is 2.03. The molecule has 1 atom stereocenters. The lowest BCUT2D eigenvalue weighted by Gasteiger charge is -2.10. The zero-order valence-corrected chi connectivity index (χ0v) is 7.46. The third kappa shape index (κ3) is 1.45. The van der Waals surface area contributed by atoms with Gasteiger partial charge in [0.15, 0.2) is 0 Å². The summed E-state index contributed by atoms with van der Waals surface area (Å²) in [7, 11) is 0. The van der Waals surface area contributed by atoms with E-state index in [0.717, 1.165) is 5.69 Å². The molecule has 0 aliphatic heterocycles. The number of halogens is 1. The Labute approximate surface area is 76.7 Å². The minimum atomic E-state index is 0.0405. The number of pyridine rings is 1. The molecule has 0 saturated heterocycles. The summed E-state index contributed by atoms with van der Waals surface area (Å²) >= 11 is 5.95. The first-order valence-electron chi connectivity index (χ1n) is 4.15. The summed E-state index contributed by atoms with van der Waals surface area (Å²) in [5.41, 5.74) is 6.80. The molecule has 1 aromatic heterocycles. The van der Waals surface area contributed by atoms with Crippen LogP contribution in [0.4, 0.5) is 0 Å². The number of aromatic nitrogens is 1. The minimum absolute atomic E-state index is 0.0405. The SMILES string of the molecule is N[C@H](c1ncccc1Cl)C1CC1. The molecule has 2 rings (SSSR count). The van der Waals surface area contributed by atoms with Gasteiger partial charge in [-0.1, -0.05) is 11.6 Å². The Balaban J connectivity index is 2.25. The third-order valence-electron chi connectivity index (χ3n) is 2.23. The van der Waals surface area contributed by atoms with E-state index in [0.29, 0.717) is 10.9 Å². The van der Waals surface area contributed by atoms with E-state index < -0.39 is 0 Å². The fraction of sp³-hybridized carbons (Fsp3) is 0.444. The zero-order chi connectivity index (χ0) is 8.55. The van der Waals surface area contributed by atoms with E-state index in [1.54, 1.807) is 6.20 Å². The van der Waals surface area contributed by atoms with Crippen molar-refractivity contribution in [2.75, 3.05) is 0 Å². The summed E-state index contributed by atoms with van der Waals surface area (Å²) in [4.78, 5) is 4.18. The van der Waals surface area contributed by atoms with E-state index in [4.69, 9.17) is 17.3 Å². The summed E-state index contributed by atoms with van der Waals surface area (Å²) in [6.45, 7) is 0. The second-order valence-electron chi connectivity index (χ2n) is 3.23. The Hall–Kier alpha value is -0.600. The van der Waals surface area contributed by atoms with E-state index >= 15 is 0 Å². The largest absolute Gasteiger partial charge is 0.322 e. The van der Waals surface area contributed by atoms with Crippen LogP contribution in [-0.2, 0) is 0 Å². The van der Waals surface area contributed by atoms with Crippen molar-refractivity contribution < 1.29 is 0 Å². The van der Waals surface area contributed by atoms with Gasteiger partial charge in [-0.25, -0.2) is 0 Å². The van der Waals surface area contributed by atoms with Gasteiger partial charge in [-0.3, -0.25) is 4.98 Å². The Morgan fingerprint density at radius 1 is 1.58 bits per heavy atom. The lowest BCUT2D eigenvalue weighted by atomic mass is 10.1. The number of rotatable bonds is 2. The Morgan fingerprint density at radius 2 is 2.33 bits per heavy atom. The molecule has 1 aromatic rings. The highest BCUT2D eigenvalue weighted by Crippen LogP contribution is 2.40. The molecule has 1 fully saturated rings. The van der Waals surface area contributed by atoms with Crippen molar-refractivity contribution in [1.82, 2.24) is 4.98 Å². The van der Waals surface area contributed by atoms with E-state index in [9.17, 15) is 0 Å². The smallest absolute Gasteiger partial charge is 0.0759 e. The van der Waals surface area contributed by atoms with Gasteiger partial charge in [0.2, 0.25) is 0 Å². The molecule has 0 spiro atoms. The van der Waals surface area contributed by atoms with Crippen molar-refractivity contribution in [2.45, 2.75) is 18.9 Å². The van der Waals surface area contributed by atoms with Crippen molar-refractivity contribution in [2.24, 2.45) is 11.7 Å². The molecule has 12 heavy (non-hydrogen) atoms. The van der Waals surface area contributed by atoms with Gasteiger partial charge in [0.25, 0.3) is 0 Å². The van der Waals surface area contributed by atoms with Crippen LogP contribution >= 0.6 is 11.6 Å². The van der Waals surface area contributed by atoms with Crippen molar-refractivity contribution in [3.63, 3.8) is 0 Å². The summed E-state index contributed by atoms with van der Waals surface area (Å²) in [5.74, 6) is 0.609. The van der Waals surface area contributed by atoms with Gasteiger partial charge in [-0.15, -0.1) is 0 Å². The van der Waals surface area contributed by atoms with Crippen molar-refractivity contribution in [3.05, 3.63) is 29.0 Å². The molecule has 3 heteroatoms. The molecule has 1 aliphatic rings. The highest BCUT2D eigenvalue weighted by atomic mass is 35.5. The van der Waals surface area contributed by atoms with Crippen LogP contribution in [0.3, 0.4) is 0 Å². The molecular formula is C9H11ClN2. The molecule has 1 aliphatic carbocycles. The summed E-state index contributed by atoms with van der Waals surface area (Å²) in [5, 5.41) is 0.692. The summed E-state index contributed by atoms with van der Waals surface area (Å²) in [6, 6.07) is 3.70. The fourth-order valence-corrected chi connectivity index (χ4v) is 1.57. The molecule has 2 nitrogen and oxygen atoms in total. The van der Waals surface area contributed by atoms with Gasteiger partial charge in [-0.2, -0.15) is 0 Å². The first kappa shape index (κ1) is 8.02. The maximum atomic E-state index is 5.95. The standard InChI is InChI=1S/C9H11ClN2/c10-7-2-1-5-12-9(7)8(11)6-3-4-6/h1-2,5-6,8H,3-4,11H2/t8-/m0/s1. The van der Waals surface area contributed by atoms with Crippen LogP contribution in [-0.4, -0.2) is 4.98 Å². The number of nitrogens with two attached hydrogens (primary N) is 1. The maximum Gasteiger partial charge on any atom is 0.0759 e. The quantitative estimate of drug-likeness (QED) is 0.761. The molecule has 64 valence electrons. The van der Waals surface area contributed by atoms with Crippen molar-refractivity contribution >= 4 is 11.6 Å². The number of hydrogen-bond acceptors (Lipinski definition) is 2. The second kappa shape index (κ2) is 3.04. The average Bonchev–Trinajstić information content (AvgIpc) is 2.86. The Morgan fingerprint density at radius 3 is 2.92 bits per heavy atom. The normalized spacial score (nSPS) is 19.2. The van der Waals surface area contributed by atoms with Gasteiger partial charge in [0, 0.05) is 6.20 Å². The van der Waals surface area contributed by atoms with Crippen molar-refractivity contribution in [1.29, 1.82) is 0 Å². The monoisotopic (exact) mass is 182 g/mol. The molecule has 0 amide bonds. The van der Waals surface area contributed by atoms with E-state index in [1.807, 2.05) is 12.1 Å². The van der Waals surface area contributed by atoms with Gasteiger partial charge in [-0.05, 0) is 30.9 Å². The topological polar surface area (TPSA) is 38.9 Å². The van der Waals surface area contributed by atoms with Gasteiger partial charge in [0.05, 0.1) is 16.8 Å². The molecule has 0 radical (unpaired) electrons. The minimum Gasteiger partial charge on any atom is -0.322 e. The maximum absolute atomic E-state index is 5.95. The van der Waals surface area contributed by atoms with Crippen molar-refractivity contribution in [3.8, 4) is 0 Å². The van der Waals surface area contributed by atoms with Gasteiger partial charge >= 0.3 is 0 Å². The first-order chi connectivity index (χ1) is 5.79. The summed E-state index contributed by atoms with van der Waals surface area (Å²) in [6.07, 6.45) is 4.17. The predicted molar refractivity (Wildman–Crippen MR) is 48.9 cm³/mol. The van der Waals surface area contributed by atoms with Crippen LogP contribution in [0.5, 0.6) is 0 Å². The fourth-order valence-electron chi connectivity index (χ4n) is 1.32. The number of hydrogen-bond donors (Lipinski definition) is 1. The highest BCUT2D eigenvalue weighted by molar-refractivity contribution is 6.31. The average molecular weight is 183 g/mol. The second-order valence-corrected chi connectivity index (χ2v) is 3.64. The highest BCUT2D eigenvalue weighted by Gasteiger charge is 2.31. The van der Waals surface area contributed by atoms with Crippen LogP contribution in [0.1, 0.15) is 24.6 Å².